The Labute approximate surface area is 80.8 Å². The van der Waals surface area contributed by atoms with Crippen molar-refractivity contribution in [3.8, 4) is 0 Å². The molecule has 0 aromatic rings. The topological polar surface area (TPSA) is 12.5 Å². The van der Waals surface area contributed by atoms with Crippen LogP contribution in [0.1, 0.15) is 20.8 Å². The van der Waals surface area contributed by atoms with E-state index in [0.29, 0.717) is 12.0 Å². The van der Waals surface area contributed by atoms with Gasteiger partial charge in [-0.3, -0.25) is 0 Å². The molecule has 0 amide bonds. The number of nitrogens with zero attached hydrogens (tertiary/aromatic N) is 1. The molecule has 0 heterocycles. The lowest BCUT2D eigenvalue weighted by Crippen LogP contribution is -2.29. The minimum Gasteiger partial charge on any atom is -0.377 e. The highest BCUT2D eigenvalue weighted by Crippen LogP contribution is 1.92. The van der Waals surface area contributed by atoms with E-state index >= 15 is 0 Å². The molecular weight excluding hydrogens is 174 g/mol. The Morgan fingerprint density at radius 2 is 2.00 bits per heavy atom. The summed E-state index contributed by atoms with van der Waals surface area (Å²) in [7, 11) is 0. The van der Waals surface area contributed by atoms with Gasteiger partial charge >= 0.3 is 0 Å². The highest BCUT2D eigenvalue weighted by atomic mass is 35.5. The zero-order valence-electron chi connectivity index (χ0n) is 8.35. The first-order chi connectivity index (χ1) is 5.70. The third-order valence-electron chi connectivity index (χ3n) is 1.71. The first-order valence-corrected chi connectivity index (χ1v) is 5.14. The maximum atomic E-state index is 5.63. The normalized spacial score (nSPS) is 11.5. The second-order valence-corrected chi connectivity index (χ2v) is 3.42. The second-order valence-electron chi connectivity index (χ2n) is 3.04. The minimum absolute atomic E-state index is 0.333. The molecular formula is C9H20ClNO. The van der Waals surface area contributed by atoms with E-state index in [-0.39, 0.29) is 0 Å². The van der Waals surface area contributed by atoms with Crippen LogP contribution >= 0.6 is 11.6 Å². The summed E-state index contributed by atoms with van der Waals surface area (Å²) in [6, 6.07) is 0. The van der Waals surface area contributed by atoms with E-state index in [2.05, 4.69) is 25.7 Å². The quantitative estimate of drug-likeness (QED) is 0.574. The number of hydrogen-bond donors (Lipinski definition) is 0. The average Bonchev–Trinajstić information content (AvgIpc) is 2.02. The molecule has 12 heavy (non-hydrogen) atoms. The van der Waals surface area contributed by atoms with Crippen LogP contribution in [0.3, 0.4) is 0 Å². The van der Waals surface area contributed by atoms with Crippen LogP contribution in [0.5, 0.6) is 0 Å². The highest BCUT2D eigenvalue weighted by Gasteiger charge is 2.01. The van der Waals surface area contributed by atoms with Crippen LogP contribution in [-0.2, 0) is 4.74 Å². The highest BCUT2D eigenvalue weighted by molar-refractivity contribution is 6.18. The fraction of sp³-hybridized carbons (Fsp3) is 1.00. The Bertz CT molecular complexity index is 98.5. The van der Waals surface area contributed by atoms with Crippen LogP contribution in [0.4, 0.5) is 0 Å². The molecule has 0 aliphatic carbocycles. The predicted molar refractivity (Wildman–Crippen MR) is 53.9 cm³/mol. The predicted octanol–water partition coefficient (Wildman–Crippen LogP) is 1.97. The molecule has 0 spiro atoms. The summed E-state index contributed by atoms with van der Waals surface area (Å²) in [6.45, 7) is 10.1. The van der Waals surface area contributed by atoms with Crippen LogP contribution < -0.4 is 0 Å². The molecule has 0 unspecified atom stereocenters. The van der Waals surface area contributed by atoms with Gasteiger partial charge in [-0.25, -0.2) is 0 Å². The fourth-order valence-corrected chi connectivity index (χ4v) is 1.20. The van der Waals surface area contributed by atoms with E-state index in [1.807, 2.05) is 0 Å². The van der Waals surface area contributed by atoms with Crippen molar-refractivity contribution in [3.63, 3.8) is 0 Å². The van der Waals surface area contributed by atoms with Crippen LogP contribution in [-0.4, -0.2) is 43.1 Å². The Kier molecular flexibility index (Phi) is 7.98. The van der Waals surface area contributed by atoms with Crippen LogP contribution in [0.15, 0.2) is 0 Å². The lowest BCUT2D eigenvalue weighted by molar-refractivity contribution is 0.0612. The molecule has 0 fully saturated rings. The zero-order chi connectivity index (χ0) is 9.40. The van der Waals surface area contributed by atoms with Crippen LogP contribution in [0.2, 0.25) is 0 Å². The number of rotatable bonds is 7. The van der Waals surface area contributed by atoms with Crippen molar-refractivity contribution >= 4 is 11.6 Å². The third-order valence-corrected chi connectivity index (χ3v) is 1.88. The van der Waals surface area contributed by atoms with Gasteiger partial charge in [0.15, 0.2) is 0 Å². The molecule has 0 N–H and O–H groups in total. The lowest BCUT2D eigenvalue weighted by atomic mass is 10.4. The van der Waals surface area contributed by atoms with Gasteiger partial charge in [-0.15, -0.1) is 11.6 Å². The van der Waals surface area contributed by atoms with E-state index < -0.39 is 0 Å². The monoisotopic (exact) mass is 193 g/mol. The molecule has 3 heteroatoms. The van der Waals surface area contributed by atoms with Crippen molar-refractivity contribution < 1.29 is 4.74 Å². The van der Waals surface area contributed by atoms with Crippen molar-refractivity contribution in [3.05, 3.63) is 0 Å². The van der Waals surface area contributed by atoms with Gasteiger partial charge in [-0.1, -0.05) is 6.92 Å². The summed E-state index contributed by atoms with van der Waals surface area (Å²) in [6.07, 6.45) is 0.333. The standard InChI is InChI=1S/C9H20ClNO/c1-4-11(6-5-10)7-8-12-9(2)3/h9H,4-8H2,1-3H3. The fourth-order valence-electron chi connectivity index (χ4n) is 0.965. The smallest absolute Gasteiger partial charge is 0.0596 e. The van der Waals surface area contributed by atoms with E-state index in [1.165, 1.54) is 0 Å². The molecule has 0 saturated carbocycles. The van der Waals surface area contributed by atoms with E-state index in [4.69, 9.17) is 16.3 Å². The number of alkyl halides is 1. The summed E-state index contributed by atoms with van der Waals surface area (Å²) in [5.74, 6) is 0.704. The van der Waals surface area contributed by atoms with Gasteiger partial charge in [-0.05, 0) is 20.4 Å². The molecule has 0 radical (unpaired) electrons. The number of halogens is 1. The van der Waals surface area contributed by atoms with E-state index in [9.17, 15) is 0 Å². The first-order valence-electron chi connectivity index (χ1n) is 4.60. The lowest BCUT2D eigenvalue weighted by Gasteiger charge is -2.19. The van der Waals surface area contributed by atoms with E-state index in [1.54, 1.807) is 0 Å². The van der Waals surface area contributed by atoms with Crippen molar-refractivity contribution in [2.45, 2.75) is 26.9 Å². The molecule has 0 saturated heterocycles. The van der Waals surface area contributed by atoms with Crippen molar-refractivity contribution in [1.29, 1.82) is 0 Å². The molecule has 0 bridgehead atoms. The SMILES string of the molecule is CCN(CCCl)CCOC(C)C. The number of ether oxygens (including phenoxy) is 1. The number of hydrogen-bond acceptors (Lipinski definition) is 2. The van der Waals surface area contributed by atoms with Crippen molar-refractivity contribution in [2.24, 2.45) is 0 Å². The Hall–Kier alpha value is 0.210. The zero-order valence-corrected chi connectivity index (χ0v) is 9.10. The van der Waals surface area contributed by atoms with Crippen LogP contribution in [0, 0.1) is 0 Å². The van der Waals surface area contributed by atoms with E-state index in [0.717, 1.165) is 26.2 Å². The van der Waals surface area contributed by atoms with Gasteiger partial charge in [0.2, 0.25) is 0 Å². The summed E-state index contributed by atoms with van der Waals surface area (Å²) in [5.41, 5.74) is 0. The molecule has 2 nitrogen and oxygen atoms in total. The molecule has 0 aromatic carbocycles. The molecule has 0 atom stereocenters. The minimum atomic E-state index is 0.333. The molecule has 0 aliphatic heterocycles. The molecule has 74 valence electrons. The maximum absolute atomic E-state index is 5.63. The summed E-state index contributed by atoms with van der Waals surface area (Å²) < 4.78 is 5.44. The largest absolute Gasteiger partial charge is 0.377 e. The molecule has 0 aliphatic rings. The summed E-state index contributed by atoms with van der Waals surface area (Å²) in [5, 5.41) is 0. The first kappa shape index (κ1) is 12.2. The van der Waals surface area contributed by atoms with Crippen molar-refractivity contribution in [1.82, 2.24) is 4.90 Å². The van der Waals surface area contributed by atoms with Gasteiger partial charge in [-0.2, -0.15) is 0 Å². The van der Waals surface area contributed by atoms with Gasteiger partial charge < -0.3 is 9.64 Å². The summed E-state index contributed by atoms with van der Waals surface area (Å²) in [4.78, 5) is 2.29. The van der Waals surface area contributed by atoms with Crippen LogP contribution in [0.25, 0.3) is 0 Å². The third kappa shape index (κ3) is 6.89. The maximum Gasteiger partial charge on any atom is 0.0596 e. The molecule has 0 aromatic heterocycles. The number of likely N-dealkylation sites (N-methyl/N-ethyl adjacent to an activating group) is 1. The van der Waals surface area contributed by atoms with Gasteiger partial charge in [0.1, 0.15) is 0 Å². The Morgan fingerprint density at radius 3 is 2.42 bits per heavy atom. The average molecular weight is 194 g/mol. The van der Waals surface area contributed by atoms with Gasteiger partial charge in [0, 0.05) is 19.0 Å². The Balaban J connectivity index is 3.31. The van der Waals surface area contributed by atoms with Gasteiger partial charge in [0.25, 0.3) is 0 Å². The Morgan fingerprint density at radius 1 is 1.33 bits per heavy atom. The second kappa shape index (κ2) is 7.84. The summed E-state index contributed by atoms with van der Waals surface area (Å²) >= 11 is 5.63. The van der Waals surface area contributed by atoms with Gasteiger partial charge in [0.05, 0.1) is 12.7 Å². The molecule has 0 rings (SSSR count). The van der Waals surface area contributed by atoms with Crippen molar-refractivity contribution in [2.75, 3.05) is 32.1 Å².